The first-order valence-electron chi connectivity index (χ1n) is 31.3. The second-order valence-corrected chi connectivity index (χ2v) is 24.5. The van der Waals surface area contributed by atoms with Crippen LogP contribution in [0.1, 0.15) is 118 Å². The average molecular weight is 1320 g/mol. The van der Waals surface area contributed by atoms with Gasteiger partial charge in [-0.15, -0.1) is 0 Å². The lowest BCUT2D eigenvalue weighted by molar-refractivity contribution is -0.159. The van der Waals surface area contributed by atoms with E-state index in [1.54, 1.807) is 41.5 Å². The number of ether oxygens (including phenoxy) is 1. The normalized spacial score (nSPS) is 24.1. The Morgan fingerprint density at radius 2 is 1.20 bits per heavy atom. The lowest BCUT2D eigenvalue weighted by atomic mass is 9.95. The van der Waals surface area contributed by atoms with Crippen molar-refractivity contribution in [1.82, 2.24) is 53.2 Å². The molecule has 0 aromatic heterocycles. The van der Waals surface area contributed by atoms with Crippen molar-refractivity contribution in [2.45, 2.75) is 192 Å². The van der Waals surface area contributed by atoms with E-state index in [2.05, 4.69) is 47.5 Å². The molecule has 3 rings (SSSR count). The topological polar surface area (TPSA) is 532 Å². The zero-order valence-corrected chi connectivity index (χ0v) is 54.6. The molecule has 32 heteroatoms. The van der Waals surface area contributed by atoms with Crippen LogP contribution < -0.4 is 76.1 Å². The molecule has 0 spiro atoms. The number of aliphatic imine (C=N–C) groups is 1. The molecule has 32 nitrogen and oxygen atoms in total. The van der Waals surface area contributed by atoms with Crippen LogP contribution in [0.5, 0.6) is 0 Å². The number of benzene rings is 2. The van der Waals surface area contributed by atoms with Gasteiger partial charge in [0.05, 0.1) is 31.4 Å². The molecule has 1 heterocycles. The van der Waals surface area contributed by atoms with E-state index in [-0.39, 0.29) is 68.4 Å². The predicted octanol–water partition coefficient (Wildman–Crippen LogP) is -4.85. The maximum Gasteiger partial charge on any atom is 0.331 e. The van der Waals surface area contributed by atoms with Gasteiger partial charge in [0.25, 0.3) is 0 Å². The summed E-state index contributed by atoms with van der Waals surface area (Å²) >= 11 is 0. The standard InChI is InChI=1S/C62H97N15O17/c1-10-33(8)43-57(89)75-44(34(9)79)56(88)68-28-42(80)73-46(49(82)51(64)83)59(91)72-41(29-78)61(93)94-50(36-20-15-12-16-21-36)47(77-55(87)40(27-31(4)5)70-52(84)37(63)24-23-35-18-13-11-14-19-35)60(92)76-45(48(81)32(6)7)58(90)71-39(26-30(2)3)54(86)69-38(53(85)74-43)22-17-25-67-62(65)66/h11-16,18-21,30-34,37-41,43-50,78-79,81-82H,10,17,22-29,63H2,1-9H3,(H2,64,83)(H,68,88)(H,69,86)(H,70,84)(H,71,90)(H,72,91)(H,73,80)(H,74,85)(H,75,89)(H,76,92)(H,77,87)(H4,65,66,67)/t33-,34-,37+,38+,39-,40-,41-,43?,44?,45-,46-,47-,48+,49-,50+/m0/s1. The predicted molar refractivity (Wildman–Crippen MR) is 341 cm³/mol. The van der Waals surface area contributed by atoms with Crippen LogP contribution in [0.15, 0.2) is 65.7 Å². The molecular weight excluding hydrogens is 1230 g/mol. The van der Waals surface area contributed by atoms with Crippen molar-refractivity contribution in [2.75, 3.05) is 19.7 Å². The molecule has 15 atom stereocenters. The number of carbonyl (C=O) groups is 12. The summed E-state index contributed by atoms with van der Waals surface area (Å²) in [5.41, 5.74) is 23.6. The van der Waals surface area contributed by atoms with E-state index in [4.69, 9.17) is 27.7 Å². The molecule has 11 amide bonds. The molecule has 94 heavy (non-hydrogen) atoms. The van der Waals surface area contributed by atoms with Crippen molar-refractivity contribution in [3.63, 3.8) is 0 Å². The second kappa shape index (κ2) is 39.0. The van der Waals surface area contributed by atoms with Crippen LogP contribution in [-0.2, 0) is 68.7 Å². The smallest absolute Gasteiger partial charge is 0.331 e. The Bertz CT molecular complexity index is 2920. The number of guanidine groups is 1. The summed E-state index contributed by atoms with van der Waals surface area (Å²) in [5, 5.41) is 68.3. The monoisotopic (exact) mass is 1320 g/mol. The number of rotatable bonds is 24. The van der Waals surface area contributed by atoms with Crippen molar-refractivity contribution in [3.05, 3.63) is 71.8 Å². The first-order valence-corrected chi connectivity index (χ1v) is 31.3. The summed E-state index contributed by atoms with van der Waals surface area (Å²) in [6, 6.07) is -1.76. The molecule has 22 N–H and O–H groups in total. The highest BCUT2D eigenvalue weighted by atomic mass is 16.5. The van der Waals surface area contributed by atoms with Crippen LogP contribution in [0, 0.1) is 23.7 Å². The van der Waals surface area contributed by atoms with Crippen LogP contribution in [-0.4, -0.2) is 196 Å². The first-order chi connectivity index (χ1) is 44.2. The molecule has 1 saturated heterocycles. The summed E-state index contributed by atoms with van der Waals surface area (Å²) in [5.74, 6) is -17.2. The highest BCUT2D eigenvalue weighted by molar-refractivity contribution is 6.00. The number of aliphatic hydroxyl groups is 4. The zero-order chi connectivity index (χ0) is 70.7. The Morgan fingerprint density at radius 1 is 0.649 bits per heavy atom. The molecule has 522 valence electrons. The number of cyclic esters (lactones) is 1. The minimum absolute atomic E-state index is 0.0433. The van der Waals surface area contributed by atoms with Gasteiger partial charge in [0.15, 0.2) is 24.2 Å². The molecule has 0 radical (unpaired) electrons. The molecule has 1 aliphatic heterocycles. The molecule has 1 aliphatic rings. The maximum absolute atomic E-state index is 15.4. The highest BCUT2D eigenvalue weighted by Gasteiger charge is 2.44. The van der Waals surface area contributed by atoms with Gasteiger partial charge in [-0.3, -0.25) is 57.7 Å². The van der Waals surface area contributed by atoms with Gasteiger partial charge in [-0.1, -0.05) is 122 Å². The molecule has 2 aromatic rings. The molecular formula is C62H97N15O17. The number of nitrogens with zero attached hydrogens (tertiary/aromatic N) is 1. The number of primary amides is 1. The second-order valence-electron chi connectivity index (χ2n) is 24.5. The SMILES string of the molecule is CC[C@H](C)C1NC(=O)[C@@H](CCCN=C(N)N)NC(=O)[C@H](CC(C)C)NC(=O)[C@H]([C@H](O)C(C)C)NC(=O)[C@@H](NC(=O)[C@H](CC(C)C)NC(=O)[C@H](N)CCc2ccccc2)[C@@H](c2ccccc2)OC(=O)[C@H](CO)NC(=O)[C@H]([C@H](O)C(N)=O)NC(=O)CNC(=O)C([C@H](C)O)NC1=O. The summed E-state index contributed by atoms with van der Waals surface area (Å²) < 4.78 is 5.95. The fraction of sp³-hybridized carbons (Fsp3) is 0.597. The van der Waals surface area contributed by atoms with Gasteiger partial charge in [-0.25, -0.2) is 4.79 Å². The van der Waals surface area contributed by atoms with Gasteiger partial charge in [0.2, 0.25) is 65.0 Å². The Balaban J connectivity index is 2.39. The molecule has 0 saturated carbocycles. The number of hydrogen-bond acceptors (Lipinski definition) is 19. The van der Waals surface area contributed by atoms with E-state index < -0.39 is 181 Å². The zero-order valence-electron chi connectivity index (χ0n) is 54.6. The molecule has 1 fully saturated rings. The van der Waals surface area contributed by atoms with Crippen molar-refractivity contribution < 1.29 is 82.7 Å². The summed E-state index contributed by atoms with van der Waals surface area (Å²) in [7, 11) is 0. The lowest BCUT2D eigenvalue weighted by Crippen LogP contribution is -2.64. The minimum Gasteiger partial charge on any atom is -0.453 e. The Kier molecular flexibility index (Phi) is 32.9. The number of esters is 1. The van der Waals surface area contributed by atoms with E-state index in [0.29, 0.717) is 6.42 Å². The third-order valence-electron chi connectivity index (χ3n) is 15.3. The average Bonchev–Trinajstić information content (AvgIpc) is 1.10. The molecule has 0 bridgehead atoms. The number of carbonyl (C=O) groups excluding carboxylic acids is 12. The summed E-state index contributed by atoms with van der Waals surface area (Å²) in [6.07, 6.45) is -7.79. The first kappa shape index (κ1) is 79.4. The largest absolute Gasteiger partial charge is 0.453 e. The van der Waals surface area contributed by atoms with Gasteiger partial charge in [-0.2, -0.15) is 0 Å². The van der Waals surface area contributed by atoms with Gasteiger partial charge >= 0.3 is 5.97 Å². The van der Waals surface area contributed by atoms with Gasteiger partial charge in [0.1, 0.15) is 48.3 Å². The van der Waals surface area contributed by atoms with E-state index >= 15 is 4.79 Å². The van der Waals surface area contributed by atoms with E-state index in [0.717, 1.165) is 12.5 Å². The number of aliphatic hydroxyl groups excluding tert-OH is 4. The van der Waals surface area contributed by atoms with Crippen LogP contribution in [0.2, 0.25) is 0 Å². The van der Waals surface area contributed by atoms with Crippen LogP contribution in [0.25, 0.3) is 0 Å². The molecule has 2 unspecified atom stereocenters. The lowest BCUT2D eigenvalue weighted by Gasteiger charge is -2.33. The van der Waals surface area contributed by atoms with Crippen molar-refractivity contribution in [1.29, 1.82) is 0 Å². The Morgan fingerprint density at radius 3 is 1.76 bits per heavy atom. The van der Waals surface area contributed by atoms with E-state index in [1.165, 1.54) is 44.2 Å². The van der Waals surface area contributed by atoms with E-state index in [9.17, 15) is 73.2 Å². The van der Waals surface area contributed by atoms with Crippen molar-refractivity contribution >= 4 is 76.9 Å². The van der Waals surface area contributed by atoms with E-state index in [1.807, 2.05) is 41.0 Å². The quantitative estimate of drug-likeness (QED) is 0.0203. The fourth-order valence-electron chi connectivity index (χ4n) is 9.73. The van der Waals surface area contributed by atoms with Gasteiger partial charge < -0.3 is 101 Å². The molecule has 2 aromatic carbocycles. The number of nitrogens with two attached hydrogens (primary N) is 4. The van der Waals surface area contributed by atoms with Crippen LogP contribution >= 0.6 is 0 Å². The Hall–Kier alpha value is -8.85. The summed E-state index contributed by atoms with van der Waals surface area (Å²) in [4.78, 5) is 175. The fourth-order valence-corrected chi connectivity index (χ4v) is 9.73. The summed E-state index contributed by atoms with van der Waals surface area (Å²) in [6.45, 7) is 11.7. The Labute approximate surface area is 546 Å². The minimum atomic E-state index is -2.58. The number of hydrogen-bond donors (Lipinski definition) is 18. The number of nitrogens with one attached hydrogen (secondary N) is 10. The van der Waals surface area contributed by atoms with Crippen molar-refractivity contribution in [2.24, 2.45) is 51.6 Å². The third-order valence-corrected chi connectivity index (χ3v) is 15.3. The third kappa shape index (κ3) is 25.6. The highest BCUT2D eigenvalue weighted by Crippen LogP contribution is 2.25. The maximum atomic E-state index is 15.4. The molecule has 0 aliphatic carbocycles. The number of amides is 11. The van der Waals surface area contributed by atoms with Crippen molar-refractivity contribution in [3.8, 4) is 0 Å². The van der Waals surface area contributed by atoms with Crippen LogP contribution in [0.4, 0.5) is 0 Å². The van der Waals surface area contributed by atoms with Gasteiger partial charge in [0, 0.05) is 6.54 Å². The van der Waals surface area contributed by atoms with Gasteiger partial charge in [-0.05, 0) is 80.2 Å². The number of aryl methyl sites for hydroxylation is 1. The van der Waals surface area contributed by atoms with Crippen LogP contribution in [0.3, 0.4) is 0 Å².